The normalized spacial score (nSPS) is 27.8. The van der Waals surface area contributed by atoms with E-state index in [1.807, 2.05) is 0 Å². The average Bonchev–Trinajstić information content (AvgIpc) is 2.73. The lowest BCUT2D eigenvalue weighted by Crippen LogP contribution is -2.69. The Morgan fingerprint density at radius 3 is 2.70 bits per heavy atom. The van der Waals surface area contributed by atoms with Crippen molar-refractivity contribution in [3.63, 3.8) is 0 Å². The van der Waals surface area contributed by atoms with Crippen molar-refractivity contribution in [3.8, 4) is 0 Å². The molecule has 2 aliphatic carbocycles. The molecule has 3 rings (SSSR count). The Bertz CT molecular complexity index is 538. The molecule has 2 atom stereocenters. The molecule has 1 heterocycles. The van der Waals surface area contributed by atoms with Crippen molar-refractivity contribution in [1.29, 1.82) is 0 Å². The van der Waals surface area contributed by atoms with E-state index < -0.39 is 22.7 Å². The number of halogens is 3. The molecule has 2 saturated carbocycles. The number of nitrogens with two attached hydrogens (primary N) is 1. The molecular formula is C12H14F3N3OS. The molecule has 20 heavy (non-hydrogen) atoms. The summed E-state index contributed by atoms with van der Waals surface area (Å²) in [6, 6.07) is -0.0828. The summed E-state index contributed by atoms with van der Waals surface area (Å²) >= 11 is 0.436. The summed E-state index contributed by atoms with van der Waals surface area (Å²) in [5, 5.41) is 2.68. The molecule has 3 N–H and O–H groups in total. The van der Waals surface area contributed by atoms with E-state index in [2.05, 4.69) is 10.3 Å². The second-order valence-electron chi connectivity index (χ2n) is 5.48. The molecule has 2 aliphatic rings. The Labute approximate surface area is 117 Å². The minimum Gasteiger partial charge on any atom is -0.347 e. The van der Waals surface area contributed by atoms with Gasteiger partial charge in [0, 0.05) is 17.5 Å². The molecule has 8 heteroatoms. The highest BCUT2D eigenvalue weighted by Gasteiger charge is 2.57. The highest BCUT2D eigenvalue weighted by molar-refractivity contribution is 7.10. The van der Waals surface area contributed by atoms with Gasteiger partial charge in [-0.2, -0.15) is 13.2 Å². The first-order valence-corrected chi connectivity index (χ1v) is 7.30. The van der Waals surface area contributed by atoms with Crippen molar-refractivity contribution in [2.45, 2.75) is 43.9 Å². The first kappa shape index (κ1) is 13.8. The second kappa shape index (κ2) is 4.42. The molecule has 4 nitrogen and oxygen atoms in total. The lowest BCUT2D eigenvalue weighted by Gasteiger charge is -2.60. The molecule has 0 radical (unpaired) electrons. The van der Waals surface area contributed by atoms with E-state index >= 15 is 0 Å². The monoisotopic (exact) mass is 305 g/mol. The quantitative estimate of drug-likeness (QED) is 0.880. The third-order valence-electron chi connectivity index (χ3n) is 4.55. The maximum atomic E-state index is 12.7. The highest BCUT2D eigenvalue weighted by Crippen LogP contribution is 2.55. The van der Waals surface area contributed by atoms with E-state index in [4.69, 9.17) is 5.73 Å². The third kappa shape index (κ3) is 1.93. The molecule has 110 valence electrons. The van der Waals surface area contributed by atoms with Gasteiger partial charge in [0.15, 0.2) is 5.69 Å². The zero-order chi connectivity index (χ0) is 14.5. The predicted molar refractivity (Wildman–Crippen MR) is 67.2 cm³/mol. The Morgan fingerprint density at radius 1 is 1.50 bits per heavy atom. The van der Waals surface area contributed by atoms with Crippen molar-refractivity contribution in [3.05, 3.63) is 16.1 Å². The van der Waals surface area contributed by atoms with E-state index in [9.17, 15) is 18.0 Å². The van der Waals surface area contributed by atoms with E-state index in [0.29, 0.717) is 17.8 Å². The van der Waals surface area contributed by atoms with Crippen LogP contribution in [0.5, 0.6) is 0 Å². The van der Waals surface area contributed by atoms with Crippen LogP contribution in [0.3, 0.4) is 0 Å². The number of carbonyl (C=O) groups excluding carboxylic acids is 1. The van der Waals surface area contributed by atoms with Crippen LogP contribution in [0.1, 0.15) is 41.0 Å². The van der Waals surface area contributed by atoms with Crippen molar-refractivity contribution in [1.82, 2.24) is 10.3 Å². The second-order valence-corrected chi connectivity index (χ2v) is 6.34. The van der Waals surface area contributed by atoms with Gasteiger partial charge in [-0.1, -0.05) is 6.42 Å². The molecule has 0 aromatic carbocycles. The van der Waals surface area contributed by atoms with Gasteiger partial charge in [0.2, 0.25) is 0 Å². The molecule has 1 aromatic rings. The highest BCUT2D eigenvalue weighted by atomic mass is 32.1. The van der Waals surface area contributed by atoms with E-state index in [0.717, 1.165) is 24.8 Å². The Hall–Kier alpha value is -1.15. The summed E-state index contributed by atoms with van der Waals surface area (Å²) in [7, 11) is 0. The van der Waals surface area contributed by atoms with Gasteiger partial charge in [-0.15, -0.1) is 11.3 Å². The van der Waals surface area contributed by atoms with E-state index in [1.165, 1.54) is 0 Å². The van der Waals surface area contributed by atoms with Crippen molar-refractivity contribution < 1.29 is 18.0 Å². The minimum atomic E-state index is -4.54. The lowest BCUT2D eigenvalue weighted by molar-refractivity contribution is -0.134. The smallest absolute Gasteiger partial charge is 0.347 e. The summed E-state index contributed by atoms with van der Waals surface area (Å²) in [6.45, 7) is 0. The van der Waals surface area contributed by atoms with Crippen molar-refractivity contribution in [2.24, 2.45) is 11.1 Å². The fourth-order valence-corrected chi connectivity index (χ4v) is 3.82. The largest absolute Gasteiger partial charge is 0.427 e. The molecule has 0 bridgehead atoms. The molecule has 1 aromatic heterocycles. The van der Waals surface area contributed by atoms with Crippen molar-refractivity contribution >= 4 is 17.2 Å². The van der Waals surface area contributed by atoms with Crippen LogP contribution < -0.4 is 11.1 Å². The summed E-state index contributed by atoms with van der Waals surface area (Å²) in [5.74, 6) is -0.748. The SMILES string of the molecule is NC1CC(NC(=O)c2ncsc2C(F)(F)F)C12CCC2. The average molecular weight is 305 g/mol. The molecule has 0 saturated heterocycles. The Balaban J connectivity index is 1.73. The zero-order valence-electron chi connectivity index (χ0n) is 10.5. The molecule has 2 unspecified atom stereocenters. The molecule has 0 aliphatic heterocycles. The predicted octanol–water partition coefficient (Wildman–Crippen LogP) is 2.16. The molecular weight excluding hydrogens is 291 g/mol. The van der Waals surface area contributed by atoms with Crippen LogP contribution in [-0.2, 0) is 6.18 Å². The summed E-state index contributed by atoms with van der Waals surface area (Å²) in [6.07, 6.45) is -0.996. The standard InChI is InChI=1S/C12H14F3N3OS/c13-12(14,15)9-8(17-5-20-9)10(19)18-7-4-6(16)11(7)2-1-3-11/h5-7H,1-4,16H2,(H,18,19). The lowest BCUT2D eigenvalue weighted by atomic mass is 9.50. The minimum absolute atomic E-state index is 0.0408. The molecule has 2 fully saturated rings. The summed E-state index contributed by atoms with van der Waals surface area (Å²) < 4.78 is 38.2. The fourth-order valence-electron chi connectivity index (χ4n) is 3.16. The number of amides is 1. The first-order chi connectivity index (χ1) is 9.34. The first-order valence-electron chi connectivity index (χ1n) is 6.42. The Kier molecular flexibility index (Phi) is 3.06. The summed E-state index contributed by atoms with van der Waals surface area (Å²) in [5.41, 5.74) is 6.38. The molecule has 1 spiro atoms. The van der Waals surface area contributed by atoms with Crippen LogP contribution in [0, 0.1) is 5.41 Å². The van der Waals surface area contributed by atoms with Gasteiger partial charge >= 0.3 is 6.18 Å². The zero-order valence-corrected chi connectivity index (χ0v) is 11.4. The van der Waals surface area contributed by atoms with Gasteiger partial charge in [0.25, 0.3) is 5.91 Å². The number of nitrogens with one attached hydrogen (secondary N) is 1. The van der Waals surface area contributed by atoms with Crippen LogP contribution in [0.15, 0.2) is 5.51 Å². The van der Waals surface area contributed by atoms with Gasteiger partial charge in [-0.3, -0.25) is 4.79 Å². The number of nitrogens with zero attached hydrogens (tertiary/aromatic N) is 1. The maximum absolute atomic E-state index is 12.7. The number of carbonyl (C=O) groups is 1. The van der Waals surface area contributed by atoms with Crippen molar-refractivity contribution in [2.75, 3.05) is 0 Å². The Morgan fingerprint density at radius 2 is 2.20 bits per heavy atom. The van der Waals surface area contributed by atoms with Gasteiger partial charge < -0.3 is 11.1 Å². The maximum Gasteiger partial charge on any atom is 0.427 e. The number of thiazole rings is 1. The van der Waals surface area contributed by atoms with Crippen LogP contribution in [0.25, 0.3) is 0 Å². The van der Waals surface area contributed by atoms with Crippen LogP contribution in [0.2, 0.25) is 0 Å². The molecule has 1 amide bonds. The topological polar surface area (TPSA) is 68.0 Å². The van der Waals surface area contributed by atoms with Gasteiger partial charge in [-0.05, 0) is 19.3 Å². The number of hydrogen-bond acceptors (Lipinski definition) is 4. The summed E-state index contributed by atoms with van der Waals surface area (Å²) in [4.78, 5) is 14.6. The van der Waals surface area contributed by atoms with Crippen LogP contribution >= 0.6 is 11.3 Å². The van der Waals surface area contributed by atoms with E-state index in [1.54, 1.807) is 0 Å². The van der Waals surface area contributed by atoms with E-state index in [-0.39, 0.29) is 17.5 Å². The van der Waals surface area contributed by atoms with Gasteiger partial charge in [0.1, 0.15) is 4.88 Å². The number of aromatic nitrogens is 1. The van der Waals surface area contributed by atoms with Crippen LogP contribution in [-0.4, -0.2) is 23.0 Å². The fraction of sp³-hybridized carbons (Fsp3) is 0.667. The van der Waals surface area contributed by atoms with Gasteiger partial charge in [-0.25, -0.2) is 4.98 Å². The number of alkyl halides is 3. The third-order valence-corrected chi connectivity index (χ3v) is 5.42. The van der Waals surface area contributed by atoms with Gasteiger partial charge in [0.05, 0.1) is 5.51 Å². The van der Waals surface area contributed by atoms with Crippen LogP contribution in [0.4, 0.5) is 13.2 Å². The number of rotatable bonds is 2. The number of hydrogen-bond donors (Lipinski definition) is 2.